The lowest BCUT2D eigenvalue weighted by atomic mass is 10.1. The average Bonchev–Trinajstić information content (AvgIpc) is 2.18. The van der Waals surface area contributed by atoms with Crippen LogP contribution in [0.25, 0.3) is 0 Å². The standard InChI is InChI=1S/C11H16Br2N2/c1-7(2)15-11(6-14)8-3-4-9(12)10(13)5-8/h3-5,7,11,15H,6,14H2,1-2H3. The van der Waals surface area contributed by atoms with E-state index in [2.05, 4.69) is 63.2 Å². The summed E-state index contributed by atoms with van der Waals surface area (Å²) in [6.45, 7) is 4.85. The Kier molecular flexibility index (Phi) is 5.26. The quantitative estimate of drug-likeness (QED) is 0.886. The highest BCUT2D eigenvalue weighted by Gasteiger charge is 2.11. The summed E-state index contributed by atoms with van der Waals surface area (Å²) in [5.74, 6) is 0. The van der Waals surface area contributed by atoms with Crippen LogP contribution in [0.4, 0.5) is 0 Å². The molecule has 0 aromatic heterocycles. The minimum atomic E-state index is 0.217. The van der Waals surface area contributed by atoms with E-state index in [-0.39, 0.29) is 6.04 Å². The van der Waals surface area contributed by atoms with Crippen LogP contribution in [0.1, 0.15) is 25.5 Å². The number of nitrogens with one attached hydrogen (secondary N) is 1. The Bertz CT molecular complexity index is 326. The number of nitrogens with two attached hydrogens (primary N) is 1. The van der Waals surface area contributed by atoms with E-state index < -0.39 is 0 Å². The van der Waals surface area contributed by atoms with Crippen molar-refractivity contribution in [3.8, 4) is 0 Å². The van der Waals surface area contributed by atoms with Gasteiger partial charge in [-0.3, -0.25) is 0 Å². The van der Waals surface area contributed by atoms with Gasteiger partial charge in [-0.1, -0.05) is 19.9 Å². The first-order chi connectivity index (χ1) is 7.04. The molecule has 2 nitrogen and oxygen atoms in total. The molecule has 0 heterocycles. The van der Waals surface area contributed by atoms with Gasteiger partial charge in [0.15, 0.2) is 0 Å². The van der Waals surface area contributed by atoms with Crippen molar-refractivity contribution >= 4 is 31.9 Å². The molecule has 0 aliphatic heterocycles. The van der Waals surface area contributed by atoms with E-state index in [0.717, 1.165) is 8.95 Å². The molecule has 0 spiro atoms. The van der Waals surface area contributed by atoms with Crippen molar-refractivity contribution in [1.29, 1.82) is 0 Å². The highest BCUT2D eigenvalue weighted by molar-refractivity contribution is 9.13. The van der Waals surface area contributed by atoms with Crippen LogP contribution >= 0.6 is 31.9 Å². The average molecular weight is 336 g/mol. The third-order valence-electron chi connectivity index (χ3n) is 2.12. The van der Waals surface area contributed by atoms with Gasteiger partial charge in [-0.2, -0.15) is 0 Å². The Balaban J connectivity index is 2.87. The monoisotopic (exact) mass is 334 g/mol. The molecule has 0 radical (unpaired) electrons. The third-order valence-corrected chi connectivity index (χ3v) is 4.00. The lowest BCUT2D eigenvalue weighted by Gasteiger charge is -2.20. The number of benzene rings is 1. The van der Waals surface area contributed by atoms with E-state index in [1.165, 1.54) is 5.56 Å². The van der Waals surface area contributed by atoms with Crippen LogP contribution in [-0.2, 0) is 0 Å². The molecule has 0 fully saturated rings. The summed E-state index contributed by atoms with van der Waals surface area (Å²) in [5, 5.41) is 3.43. The Hall–Kier alpha value is 0.1000. The van der Waals surface area contributed by atoms with E-state index in [0.29, 0.717) is 12.6 Å². The van der Waals surface area contributed by atoms with Gasteiger partial charge in [-0.05, 0) is 49.6 Å². The van der Waals surface area contributed by atoms with Crippen LogP contribution in [0.5, 0.6) is 0 Å². The van der Waals surface area contributed by atoms with Crippen LogP contribution in [0, 0.1) is 0 Å². The predicted molar refractivity (Wildman–Crippen MR) is 71.9 cm³/mol. The maximum Gasteiger partial charge on any atom is 0.0446 e. The Morgan fingerprint density at radius 2 is 1.93 bits per heavy atom. The van der Waals surface area contributed by atoms with Crippen LogP contribution < -0.4 is 11.1 Å². The van der Waals surface area contributed by atoms with E-state index in [4.69, 9.17) is 5.73 Å². The SMILES string of the molecule is CC(C)NC(CN)c1ccc(Br)c(Br)c1. The summed E-state index contributed by atoms with van der Waals surface area (Å²) < 4.78 is 2.12. The first kappa shape index (κ1) is 13.2. The number of rotatable bonds is 4. The van der Waals surface area contributed by atoms with Gasteiger partial charge in [0.2, 0.25) is 0 Å². The highest BCUT2D eigenvalue weighted by atomic mass is 79.9. The van der Waals surface area contributed by atoms with Crippen LogP contribution in [0.15, 0.2) is 27.1 Å². The fourth-order valence-electron chi connectivity index (χ4n) is 1.43. The van der Waals surface area contributed by atoms with Crippen molar-refractivity contribution in [2.45, 2.75) is 25.9 Å². The molecule has 0 bridgehead atoms. The molecule has 4 heteroatoms. The number of halogens is 2. The van der Waals surface area contributed by atoms with Gasteiger partial charge < -0.3 is 11.1 Å². The summed E-state index contributed by atoms with van der Waals surface area (Å²) in [7, 11) is 0. The fourth-order valence-corrected chi connectivity index (χ4v) is 2.07. The van der Waals surface area contributed by atoms with Gasteiger partial charge in [0.25, 0.3) is 0 Å². The normalized spacial score (nSPS) is 13.2. The zero-order chi connectivity index (χ0) is 11.4. The molecule has 15 heavy (non-hydrogen) atoms. The van der Waals surface area contributed by atoms with Gasteiger partial charge in [0.1, 0.15) is 0 Å². The van der Waals surface area contributed by atoms with Crippen LogP contribution in [0.2, 0.25) is 0 Å². The summed E-state index contributed by atoms with van der Waals surface area (Å²) in [4.78, 5) is 0. The Morgan fingerprint density at radius 3 is 2.40 bits per heavy atom. The first-order valence-corrected chi connectivity index (χ1v) is 6.54. The lowest BCUT2D eigenvalue weighted by Crippen LogP contribution is -2.33. The lowest BCUT2D eigenvalue weighted by molar-refractivity contribution is 0.483. The van der Waals surface area contributed by atoms with Crippen LogP contribution in [-0.4, -0.2) is 12.6 Å². The van der Waals surface area contributed by atoms with E-state index in [1.807, 2.05) is 6.07 Å². The second-order valence-corrected chi connectivity index (χ2v) is 5.49. The zero-order valence-electron chi connectivity index (χ0n) is 8.93. The maximum absolute atomic E-state index is 5.75. The molecule has 0 amide bonds. The molecule has 1 aromatic carbocycles. The van der Waals surface area contributed by atoms with Gasteiger partial charge in [0.05, 0.1) is 0 Å². The van der Waals surface area contributed by atoms with Crippen molar-refractivity contribution in [3.05, 3.63) is 32.7 Å². The van der Waals surface area contributed by atoms with Crippen molar-refractivity contribution in [2.75, 3.05) is 6.54 Å². The summed E-state index contributed by atoms with van der Waals surface area (Å²) in [6, 6.07) is 6.86. The van der Waals surface area contributed by atoms with E-state index in [9.17, 15) is 0 Å². The predicted octanol–water partition coefficient (Wildman–Crippen LogP) is 3.21. The minimum absolute atomic E-state index is 0.217. The van der Waals surface area contributed by atoms with Gasteiger partial charge in [0, 0.05) is 27.6 Å². The van der Waals surface area contributed by atoms with Crippen molar-refractivity contribution in [2.24, 2.45) is 5.73 Å². The second kappa shape index (κ2) is 5.99. The molecule has 1 aromatic rings. The van der Waals surface area contributed by atoms with Crippen molar-refractivity contribution in [1.82, 2.24) is 5.32 Å². The second-order valence-electron chi connectivity index (χ2n) is 3.78. The van der Waals surface area contributed by atoms with E-state index in [1.54, 1.807) is 0 Å². The highest BCUT2D eigenvalue weighted by Crippen LogP contribution is 2.26. The molecule has 0 aliphatic carbocycles. The molecule has 84 valence electrons. The third kappa shape index (κ3) is 3.87. The molecular weight excluding hydrogens is 320 g/mol. The largest absolute Gasteiger partial charge is 0.329 e. The van der Waals surface area contributed by atoms with Crippen LogP contribution in [0.3, 0.4) is 0 Å². The minimum Gasteiger partial charge on any atom is -0.329 e. The molecule has 1 atom stereocenters. The zero-order valence-corrected chi connectivity index (χ0v) is 12.1. The topological polar surface area (TPSA) is 38.0 Å². The van der Waals surface area contributed by atoms with Crippen molar-refractivity contribution < 1.29 is 0 Å². The molecule has 0 saturated carbocycles. The smallest absolute Gasteiger partial charge is 0.0446 e. The summed E-state index contributed by atoms with van der Waals surface area (Å²) >= 11 is 6.95. The summed E-state index contributed by atoms with van der Waals surface area (Å²) in [5.41, 5.74) is 6.96. The fraction of sp³-hybridized carbons (Fsp3) is 0.455. The Morgan fingerprint density at radius 1 is 1.27 bits per heavy atom. The van der Waals surface area contributed by atoms with Crippen molar-refractivity contribution in [3.63, 3.8) is 0 Å². The first-order valence-electron chi connectivity index (χ1n) is 4.95. The van der Waals surface area contributed by atoms with Gasteiger partial charge in [-0.25, -0.2) is 0 Å². The Labute approximate surface area is 108 Å². The molecule has 0 aliphatic rings. The molecule has 1 unspecified atom stereocenters. The molecule has 1 rings (SSSR count). The van der Waals surface area contributed by atoms with Gasteiger partial charge in [-0.15, -0.1) is 0 Å². The molecular formula is C11H16Br2N2. The number of hydrogen-bond acceptors (Lipinski definition) is 2. The number of hydrogen-bond donors (Lipinski definition) is 2. The maximum atomic E-state index is 5.75. The molecule has 0 saturated heterocycles. The van der Waals surface area contributed by atoms with Gasteiger partial charge >= 0.3 is 0 Å². The summed E-state index contributed by atoms with van der Waals surface area (Å²) in [6.07, 6.45) is 0. The van der Waals surface area contributed by atoms with E-state index >= 15 is 0 Å². The molecule has 3 N–H and O–H groups in total.